The number of carbonyl (C=O) groups is 1. The van der Waals surface area contributed by atoms with Crippen LogP contribution in [0.25, 0.3) is 10.9 Å². The molecule has 1 saturated carbocycles. The molecule has 164 valence electrons. The largest absolute Gasteiger partial charge is 0.332 e. The molecule has 1 aromatic heterocycles. The minimum absolute atomic E-state index is 0.0664. The Balaban J connectivity index is 1.39. The minimum Gasteiger partial charge on any atom is -0.332 e. The van der Waals surface area contributed by atoms with Crippen molar-refractivity contribution >= 4 is 23.0 Å². The second kappa shape index (κ2) is 7.84. The van der Waals surface area contributed by atoms with Gasteiger partial charge in [0, 0.05) is 36.7 Å². The van der Waals surface area contributed by atoms with Crippen LogP contribution in [-0.4, -0.2) is 51.4 Å². The first-order valence-electron chi connectivity index (χ1n) is 11.3. The molecule has 3 aliphatic rings. The summed E-state index contributed by atoms with van der Waals surface area (Å²) in [5.41, 5.74) is 4.24. The van der Waals surface area contributed by atoms with Crippen LogP contribution in [0, 0.1) is 0 Å². The van der Waals surface area contributed by atoms with Crippen molar-refractivity contribution in [2.75, 3.05) is 6.54 Å². The number of carbonyl (C=O) groups excluding carboxylic acids is 1. The lowest BCUT2D eigenvalue weighted by atomic mass is 9.88. The molecule has 1 unspecified atom stereocenters. The van der Waals surface area contributed by atoms with Gasteiger partial charge >= 0.3 is 0 Å². The van der Waals surface area contributed by atoms with Crippen LogP contribution in [0.15, 0.2) is 40.5 Å². The summed E-state index contributed by atoms with van der Waals surface area (Å²) in [4.78, 5) is 20.2. The molecule has 0 radical (unpaired) electrons. The van der Waals surface area contributed by atoms with Crippen molar-refractivity contribution in [3.05, 3.63) is 41.1 Å². The molecular formula is C24H28F2N4O. The highest BCUT2D eigenvalue weighted by Gasteiger charge is 2.40. The fourth-order valence-corrected chi connectivity index (χ4v) is 4.96. The van der Waals surface area contributed by atoms with Crippen molar-refractivity contribution in [1.29, 1.82) is 0 Å². The van der Waals surface area contributed by atoms with Gasteiger partial charge in [0.05, 0.1) is 23.8 Å². The molecule has 0 N–H and O–H groups in total. The number of aliphatic imine (C=N–C) groups is 1. The maximum atomic E-state index is 13.7. The van der Waals surface area contributed by atoms with E-state index in [-0.39, 0.29) is 18.4 Å². The van der Waals surface area contributed by atoms with E-state index in [0.29, 0.717) is 24.6 Å². The number of halogens is 2. The molecule has 0 spiro atoms. The monoisotopic (exact) mass is 426 g/mol. The van der Waals surface area contributed by atoms with E-state index in [9.17, 15) is 13.6 Å². The van der Waals surface area contributed by atoms with Crippen molar-refractivity contribution in [2.45, 2.75) is 76.4 Å². The van der Waals surface area contributed by atoms with Gasteiger partial charge in [-0.15, -0.1) is 0 Å². The fourth-order valence-electron chi connectivity index (χ4n) is 4.96. The summed E-state index contributed by atoms with van der Waals surface area (Å²) in [7, 11) is 0. The Hall–Kier alpha value is -2.57. The first-order chi connectivity index (χ1) is 14.9. The molecule has 0 bridgehead atoms. The summed E-state index contributed by atoms with van der Waals surface area (Å²) < 4.78 is 28.1. The van der Waals surface area contributed by atoms with E-state index in [2.05, 4.69) is 15.0 Å². The molecule has 2 heterocycles. The Kier molecular flexibility index (Phi) is 5.15. The third-order valence-electron chi connectivity index (χ3n) is 6.69. The summed E-state index contributed by atoms with van der Waals surface area (Å²) in [6.07, 6.45) is 8.88. The van der Waals surface area contributed by atoms with Gasteiger partial charge in [-0.2, -0.15) is 5.10 Å². The van der Waals surface area contributed by atoms with E-state index >= 15 is 0 Å². The van der Waals surface area contributed by atoms with E-state index in [1.54, 1.807) is 10.9 Å². The van der Waals surface area contributed by atoms with Gasteiger partial charge in [-0.05, 0) is 68.7 Å². The van der Waals surface area contributed by atoms with E-state index < -0.39 is 5.92 Å². The quantitative estimate of drug-likeness (QED) is 0.625. The highest BCUT2D eigenvalue weighted by molar-refractivity contribution is 6.06. The maximum absolute atomic E-state index is 13.7. The van der Waals surface area contributed by atoms with Crippen LogP contribution in [0.5, 0.6) is 0 Å². The topological polar surface area (TPSA) is 50.5 Å². The lowest BCUT2D eigenvalue weighted by Crippen LogP contribution is -2.43. The van der Waals surface area contributed by atoms with E-state index in [1.807, 2.05) is 24.4 Å². The highest BCUT2D eigenvalue weighted by atomic mass is 19.3. The van der Waals surface area contributed by atoms with Crippen LogP contribution in [0.1, 0.15) is 62.2 Å². The third kappa shape index (κ3) is 4.14. The highest BCUT2D eigenvalue weighted by Crippen LogP contribution is 2.38. The van der Waals surface area contributed by atoms with Gasteiger partial charge in [0.15, 0.2) is 0 Å². The van der Waals surface area contributed by atoms with Gasteiger partial charge in [-0.3, -0.25) is 14.5 Å². The number of alkyl halides is 2. The average molecular weight is 427 g/mol. The Morgan fingerprint density at radius 2 is 2.10 bits per heavy atom. The van der Waals surface area contributed by atoms with Gasteiger partial charge in [0.2, 0.25) is 5.92 Å². The maximum Gasteiger partial charge on any atom is 0.255 e. The zero-order valence-electron chi connectivity index (χ0n) is 17.9. The molecule has 0 saturated heterocycles. The van der Waals surface area contributed by atoms with Crippen molar-refractivity contribution < 1.29 is 13.6 Å². The molecule has 1 amide bonds. The Morgan fingerprint density at radius 3 is 2.87 bits per heavy atom. The zero-order valence-corrected chi connectivity index (χ0v) is 17.9. The molecule has 1 atom stereocenters. The second-order valence-corrected chi connectivity index (χ2v) is 9.22. The zero-order chi connectivity index (χ0) is 21.6. The second-order valence-electron chi connectivity index (χ2n) is 9.22. The van der Waals surface area contributed by atoms with Crippen LogP contribution in [0.2, 0.25) is 0 Å². The Bertz CT molecular complexity index is 1060. The van der Waals surface area contributed by atoms with Crippen LogP contribution >= 0.6 is 0 Å². The molecule has 31 heavy (non-hydrogen) atoms. The molecular weight excluding hydrogens is 398 g/mol. The van der Waals surface area contributed by atoms with E-state index in [1.165, 1.54) is 11.1 Å². The normalized spacial score (nSPS) is 21.1. The van der Waals surface area contributed by atoms with Crippen LogP contribution in [-0.2, 0) is 6.54 Å². The first-order valence-corrected chi connectivity index (χ1v) is 11.3. The minimum atomic E-state index is -2.67. The number of aromatic nitrogens is 2. The summed E-state index contributed by atoms with van der Waals surface area (Å²) >= 11 is 0. The van der Waals surface area contributed by atoms with Crippen LogP contribution < -0.4 is 0 Å². The Morgan fingerprint density at radius 1 is 1.26 bits per heavy atom. The van der Waals surface area contributed by atoms with Gasteiger partial charge in [-0.25, -0.2) is 8.78 Å². The average Bonchev–Trinajstić information content (AvgIpc) is 3.29. The summed E-state index contributed by atoms with van der Waals surface area (Å²) in [6.45, 7) is 2.18. The number of hydrogen-bond acceptors (Lipinski definition) is 3. The van der Waals surface area contributed by atoms with Gasteiger partial charge in [-0.1, -0.05) is 6.07 Å². The lowest BCUT2D eigenvalue weighted by Gasteiger charge is -2.35. The molecule has 1 aliphatic heterocycles. The molecule has 5 nitrogen and oxygen atoms in total. The van der Waals surface area contributed by atoms with Crippen molar-refractivity contribution in [2.24, 2.45) is 4.99 Å². The SMILES string of the molecule is CC(F)(F)CCCn1ncc2c(C(=O)N(C3CC3)C3CCC4=C(C=NC4)C3)cccc21. The van der Waals surface area contributed by atoms with Gasteiger partial charge in [0.25, 0.3) is 5.91 Å². The molecule has 2 aliphatic carbocycles. The third-order valence-corrected chi connectivity index (χ3v) is 6.69. The number of aryl methyl sites for hydroxylation is 1. The molecule has 2 aromatic rings. The molecule has 5 rings (SSSR count). The van der Waals surface area contributed by atoms with Gasteiger partial charge < -0.3 is 4.90 Å². The lowest BCUT2D eigenvalue weighted by molar-refractivity contribution is 0.00978. The number of rotatable bonds is 7. The number of amides is 1. The van der Waals surface area contributed by atoms with Gasteiger partial charge in [0.1, 0.15) is 0 Å². The van der Waals surface area contributed by atoms with Crippen molar-refractivity contribution in [1.82, 2.24) is 14.7 Å². The summed E-state index contributed by atoms with van der Waals surface area (Å²) in [5, 5.41) is 5.22. The first kappa shape index (κ1) is 20.3. The van der Waals surface area contributed by atoms with Crippen molar-refractivity contribution in [3.8, 4) is 0 Å². The number of hydrogen-bond donors (Lipinski definition) is 0. The molecule has 1 fully saturated rings. The number of fused-ring (bicyclic) bond motifs is 1. The summed E-state index contributed by atoms with van der Waals surface area (Å²) in [5.74, 6) is -2.61. The van der Waals surface area contributed by atoms with E-state index in [4.69, 9.17) is 0 Å². The van der Waals surface area contributed by atoms with E-state index in [0.717, 1.165) is 56.5 Å². The fraction of sp³-hybridized carbons (Fsp3) is 0.542. The van der Waals surface area contributed by atoms with Crippen LogP contribution in [0.4, 0.5) is 8.78 Å². The van der Waals surface area contributed by atoms with Crippen LogP contribution in [0.3, 0.4) is 0 Å². The standard InChI is InChI=1S/C24H28F2N4O/c1-24(25,26)10-3-11-29-22-5-2-4-20(21(22)15-28-29)23(31)30(18-8-9-18)19-7-6-16-13-27-14-17(16)12-19/h2,4-5,14-15,18-19H,3,6-13H2,1H3. The molecule has 1 aromatic carbocycles. The smallest absolute Gasteiger partial charge is 0.255 e. The molecule has 7 heteroatoms. The number of benzene rings is 1. The van der Waals surface area contributed by atoms with Crippen molar-refractivity contribution in [3.63, 3.8) is 0 Å². The predicted octanol–water partition coefficient (Wildman–Crippen LogP) is 5.01. The number of nitrogens with zero attached hydrogens (tertiary/aromatic N) is 4. The summed E-state index contributed by atoms with van der Waals surface area (Å²) in [6, 6.07) is 6.18. The Labute approximate surface area is 180 Å². The predicted molar refractivity (Wildman–Crippen MR) is 117 cm³/mol.